The van der Waals surface area contributed by atoms with Crippen LogP contribution >= 0.6 is 0 Å². The number of carbonyl (C=O) groups is 4. The number of carbonyl (C=O) groups excluding carboxylic acids is 4. The summed E-state index contributed by atoms with van der Waals surface area (Å²) in [6.45, 7) is 14.9. The Kier molecular flexibility index (Phi) is 14.7. The number of ether oxygens (including phenoxy) is 3. The van der Waals surface area contributed by atoms with Gasteiger partial charge in [-0.3, -0.25) is 9.59 Å². The molecule has 0 atom stereocenters. The van der Waals surface area contributed by atoms with Gasteiger partial charge in [0.2, 0.25) is 11.9 Å². The molecule has 4 rings (SSSR count). The molecular formula is C39H60N8O7. The highest BCUT2D eigenvalue weighted by molar-refractivity contribution is 5.94. The van der Waals surface area contributed by atoms with Crippen LogP contribution in [0.1, 0.15) is 97.6 Å². The molecule has 0 radical (unpaired) electrons. The Balaban J connectivity index is 1.35. The number of hydrogen-bond acceptors (Lipinski definition) is 12. The van der Waals surface area contributed by atoms with Crippen LogP contribution in [-0.2, 0) is 36.9 Å². The second-order valence-electron chi connectivity index (χ2n) is 16.0. The van der Waals surface area contributed by atoms with Crippen molar-refractivity contribution in [2.24, 2.45) is 0 Å². The second-order valence-corrected chi connectivity index (χ2v) is 16.0. The Hall–Kier alpha value is -4.82. The van der Waals surface area contributed by atoms with Crippen LogP contribution in [0.3, 0.4) is 0 Å². The molecule has 15 heteroatoms. The number of hydrogen-bond donors (Lipinski definition) is 2. The maximum absolute atomic E-state index is 13.4. The molecule has 1 aromatic heterocycles. The van der Waals surface area contributed by atoms with Crippen LogP contribution in [-0.4, -0.2) is 112 Å². The number of nitrogens with one attached hydrogen (secondary N) is 1. The van der Waals surface area contributed by atoms with E-state index < -0.39 is 23.3 Å². The topological polar surface area (TPSA) is 173 Å². The van der Waals surface area contributed by atoms with Gasteiger partial charge >= 0.3 is 18.2 Å². The van der Waals surface area contributed by atoms with Crippen molar-refractivity contribution in [3.05, 3.63) is 41.5 Å². The summed E-state index contributed by atoms with van der Waals surface area (Å²) in [6, 6.07) is 9.78. The first kappa shape index (κ1) is 41.9. The van der Waals surface area contributed by atoms with Gasteiger partial charge in [0, 0.05) is 64.5 Å². The summed E-state index contributed by atoms with van der Waals surface area (Å²) in [5, 5.41) is 3.26. The lowest BCUT2D eigenvalue weighted by atomic mass is 9.94. The summed E-state index contributed by atoms with van der Waals surface area (Å²) >= 11 is 0. The molecule has 1 aliphatic heterocycles. The van der Waals surface area contributed by atoms with E-state index in [1.165, 1.54) is 13.5 Å². The maximum Gasteiger partial charge on any atom is 0.410 e. The third kappa shape index (κ3) is 13.5. The van der Waals surface area contributed by atoms with E-state index in [1.807, 2.05) is 75.6 Å². The average Bonchev–Trinajstić information content (AvgIpc) is 3.11. The molecule has 54 heavy (non-hydrogen) atoms. The van der Waals surface area contributed by atoms with E-state index in [0.717, 1.165) is 36.8 Å². The van der Waals surface area contributed by atoms with E-state index in [9.17, 15) is 19.2 Å². The highest BCUT2D eigenvalue weighted by atomic mass is 16.6. The van der Waals surface area contributed by atoms with E-state index in [1.54, 1.807) is 15.9 Å². The SMILES string of the molecule is COC(=O)CC(=O)N1CCN(c2cc(N)nc(NCc3ccc(CN(CCCN(C(=O)OC(C)(C)C)C4CCCCC4)C(=O)OC(C)(C)C)cc3)n2)CC1. The van der Waals surface area contributed by atoms with Gasteiger partial charge in [-0.15, -0.1) is 0 Å². The summed E-state index contributed by atoms with van der Waals surface area (Å²) in [6.07, 6.45) is 4.90. The number of nitrogens with zero attached hydrogens (tertiary/aromatic N) is 6. The van der Waals surface area contributed by atoms with Gasteiger partial charge in [0.15, 0.2) is 0 Å². The quantitative estimate of drug-likeness (QED) is 0.148. The summed E-state index contributed by atoms with van der Waals surface area (Å²) in [7, 11) is 1.27. The molecule has 0 spiro atoms. The van der Waals surface area contributed by atoms with E-state index in [-0.39, 0.29) is 24.5 Å². The zero-order valence-electron chi connectivity index (χ0n) is 33.2. The number of aromatic nitrogens is 2. The molecule has 3 N–H and O–H groups in total. The fourth-order valence-electron chi connectivity index (χ4n) is 6.48. The number of piperazine rings is 1. The highest BCUT2D eigenvalue weighted by Gasteiger charge is 2.30. The Labute approximate surface area is 319 Å². The summed E-state index contributed by atoms with van der Waals surface area (Å²) < 4.78 is 16.2. The molecule has 1 saturated carbocycles. The van der Waals surface area contributed by atoms with Crippen LogP contribution in [0.25, 0.3) is 0 Å². The molecule has 1 aliphatic carbocycles. The molecule has 15 nitrogen and oxygen atoms in total. The Morgan fingerprint density at radius 1 is 0.852 bits per heavy atom. The first-order valence-corrected chi connectivity index (χ1v) is 19.0. The number of rotatable bonds is 13. The standard InChI is InChI=1S/C39H60N8O7/c1-38(2,3)53-36(50)46(18-11-19-47(30-12-9-8-10-13-30)37(51)54-39(4,5)6)27-29-16-14-28(15-17-29)26-41-35-42-31(40)24-32(43-35)44-20-22-45(23-21-44)33(48)25-34(49)52-7/h14-17,24,30H,8-13,18-23,25-27H2,1-7H3,(H3,40,41,42,43). The molecule has 298 valence electrons. The summed E-state index contributed by atoms with van der Waals surface area (Å²) in [5.41, 5.74) is 6.81. The first-order valence-electron chi connectivity index (χ1n) is 19.0. The normalized spacial score (nSPS) is 15.3. The predicted octanol–water partition coefficient (Wildman–Crippen LogP) is 5.58. The number of amides is 3. The van der Waals surface area contributed by atoms with Gasteiger partial charge in [-0.25, -0.2) is 9.59 Å². The average molecular weight is 753 g/mol. The van der Waals surface area contributed by atoms with Crippen LogP contribution in [0.2, 0.25) is 0 Å². The van der Waals surface area contributed by atoms with Crippen molar-refractivity contribution in [2.75, 3.05) is 62.3 Å². The van der Waals surface area contributed by atoms with E-state index in [0.29, 0.717) is 76.4 Å². The number of methoxy groups -OCH3 is 1. The largest absolute Gasteiger partial charge is 0.469 e. The van der Waals surface area contributed by atoms with Crippen LogP contribution in [0.15, 0.2) is 30.3 Å². The van der Waals surface area contributed by atoms with Gasteiger partial charge in [-0.1, -0.05) is 43.5 Å². The van der Waals surface area contributed by atoms with Crippen molar-refractivity contribution >= 4 is 41.6 Å². The molecule has 1 saturated heterocycles. The molecule has 2 heterocycles. The minimum Gasteiger partial charge on any atom is -0.469 e. The smallest absolute Gasteiger partial charge is 0.410 e. The fraction of sp³-hybridized carbons (Fsp3) is 0.641. The minimum absolute atomic E-state index is 0.141. The van der Waals surface area contributed by atoms with E-state index in [4.69, 9.17) is 15.2 Å². The molecule has 3 amide bonds. The molecule has 2 aliphatic rings. The van der Waals surface area contributed by atoms with Crippen molar-refractivity contribution in [3.63, 3.8) is 0 Å². The van der Waals surface area contributed by atoms with Crippen LogP contribution < -0.4 is 16.0 Å². The third-order valence-electron chi connectivity index (χ3n) is 9.18. The first-order chi connectivity index (χ1) is 25.5. The number of esters is 1. The van der Waals surface area contributed by atoms with Crippen molar-refractivity contribution in [1.29, 1.82) is 0 Å². The van der Waals surface area contributed by atoms with Gasteiger partial charge in [-0.05, 0) is 71.9 Å². The molecule has 0 bridgehead atoms. The Bertz CT molecular complexity index is 1560. The number of benzene rings is 1. The number of nitrogens with two attached hydrogens (primary N) is 1. The highest BCUT2D eigenvalue weighted by Crippen LogP contribution is 2.25. The Morgan fingerprint density at radius 3 is 2.07 bits per heavy atom. The predicted molar refractivity (Wildman–Crippen MR) is 207 cm³/mol. The lowest BCUT2D eigenvalue weighted by Gasteiger charge is -2.36. The van der Waals surface area contributed by atoms with E-state index in [2.05, 4.69) is 20.0 Å². The number of nitrogen functional groups attached to an aromatic ring is 1. The van der Waals surface area contributed by atoms with Crippen molar-refractivity contribution in [3.8, 4) is 0 Å². The third-order valence-corrected chi connectivity index (χ3v) is 9.18. The van der Waals surface area contributed by atoms with Gasteiger partial charge < -0.3 is 44.9 Å². The van der Waals surface area contributed by atoms with Gasteiger partial charge in [-0.2, -0.15) is 9.97 Å². The molecule has 2 fully saturated rings. The van der Waals surface area contributed by atoms with Crippen molar-refractivity contribution < 1.29 is 33.4 Å². The molecular weight excluding hydrogens is 692 g/mol. The van der Waals surface area contributed by atoms with E-state index >= 15 is 0 Å². The summed E-state index contributed by atoms with van der Waals surface area (Å²) in [4.78, 5) is 66.8. The molecule has 0 unspecified atom stereocenters. The molecule has 2 aromatic rings. The fourth-order valence-corrected chi connectivity index (χ4v) is 6.48. The second kappa shape index (κ2) is 19.0. The minimum atomic E-state index is -0.655. The van der Waals surface area contributed by atoms with Crippen LogP contribution in [0, 0.1) is 0 Å². The Morgan fingerprint density at radius 2 is 1.46 bits per heavy atom. The van der Waals surface area contributed by atoms with Gasteiger partial charge in [0.1, 0.15) is 29.3 Å². The zero-order chi connectivity index (χ0) is 39.5. The van der Waals surface area contributed by atoms with Crippen LogP contribution in [0.5, 0.6) is 0 Å². The van der Waals surface area contributed by atoms with Gasteiger partial charge in [0.05, 0.1) is 7.11 Å². The molecule has 1 aromatic carbocycles. The van der Waals surface area contributed by atoms with Crippen LogP contribution in [0.4, 0.5) is 27.2 Å². The lowest BCUT2D eigenvalue weighted by molar-refractivity contribution is -0.146. The maximum atomic E-state index is 13.4. The van der Waals surface area contributed by atoms with Gasteiger partial charge in [0.25, 0.3) is 0 Å². The monoisotopic (exact) mass is 752 g/mol. The van der Waals surface area contributed by atoms with Crippen molar-refractivity contribution in [2.45, 2.75) is 117 Å². The van der Waals surface area contributed by atoms with Crippen molar-refractivity contribution in [1.82, 2.24) is 24.7 Å². The lowest BCUT2D eigenvalue weighted by Crippen LogP contribution is -2.49. The summed E-state index contributed by atoms with van der Waals surface area (Å²) in [5.74, 6) is 0.533. The zero-order valence-corrected chi connectivity index (χ0v) is 33.2. The number of anilines is 3.